The quantitative estimate of drug-likeness (QED) is 0.874. The number of hydrogen-bond donors (Lipinski definition) is 1. The molecule has 0 aromatic heterocycles. The highest BCUT2D eigenvalue weighted by Crippen LogP contribution is 2.26. The fourth-order valence-electron chi connectivity index (χ4n) is 2.54. The summed E-state index contributed by atoms with van der Waals surface area (Å²) in [5.41, 5.74) is 0. The summed E-state index contributed by atoms with van der Waals surface area (Å²) >= 11 is 6.11. The van der Waals surface area contributed by atoms with E-state index in [1.54, 1.807) is 7.11 Å². The minimum absolute atomic E-state index is 0.124. The summed E-state index contributed by atoms with van der Waals surface area (Å²) in [4.78, 5) is 2.22. The lowest BCUT2D eigenvalue weighted by Gasteiger charge is -2.34. The zero-order valence-corrected chi connectivity index (χ0v) is 12.6. The first-order valence-corrected chi connectivity index (χ1v) is 7.37. The Bertz CT molecular complexity index is 416. The van der Waals surface area contributed by atoms with Gasteiger partial charge in [0.15, 0.2) is 0 Å². The van der Waals surface area contributed by atoms with E-state index in [0.717, 1.165) is 31.7 Å². The highest BCUT2D eigenvalue weighted by Gasteiger charge is 2.23. The first kappa shape index (κ1) is 15.6. The molecule has 4 nitrogen and oxygen atoms in total. The molecule has 0 unspecified atom stereocenters. The molecule has 2 atom stereocenters. The molecule has 1 saturated heterocycles. The third kappa shape index (κ3) is 4.63. The maximum absolute atomic E-state index is 9.79. The van der Waals surface area contributed by atoms with Crippen molar-refractivity contribution in [2.24, 2.45) is 0 Å². The minimum Gasteiger partial charge on any atom is -0.488 e. The van der Waals surface area contributed by atoms with Crippen molar-refractivity contribution in [2.45, 2.75) is 25.0 Å². The van der Waals surface area contributed by atoms with E-state index in [1.165, 1.54) is 0 Å². The smallest absolute Gasteiger partial charge is 0.138 e. The van der Waals surface area contributed by atoms with Crippen molar-refractivity contribution in [3.05, 3.63) is 29.3 Å². The second-order valence-corrected chi connectivity index (χ2v) is 5.59. The summed E-state index contributed by atoms with van der Waals surface area (Å²) in [5.74, 6) is 0.735. The zero-order chi connectivity index (χ0) is 14.4. The second kappa shape index (κ2) is 7.84. The number of methoxy groups -OCH3 is 1. The molecule has 1 aliphatic heterocycles. The Morgan fingerprint density at radius 2 is 2.25 bits per heavy atom. The Hall–Kier alpha value is -0.810. The average Bonchev–Trinajstić information content (AvgIpc) is 2.42. The lowest BCUT2D eigenvalue weighted by atomic mass is 10.1. The van der Waals surface area contributed by atoms with Crippen molar-refractivity contribution in [2.75, 3.05) is 33.4 Å². The van der Waals surface area contributed by atoms with Crippen LogP contribution < -0.4 is 4.74 Å². The number of nitrogens with zero attached hydrogens (tertiary/aromatic N) is 1. The fourth-order valence-corrected chi connectivity index (χ4v) is 2.72. The van der Waals surface area contributed by atoms with E-state index >= 15 is 0 Å². The predicted octanol–water partition coefficient (Wildman–Crippen LogP) is 2.19. The van der Waals surface area contributed by atoms with Gasteiger partial charge in [-0.15, -0.1) is 0 Å². The predicted molar refractivity (Wildman–Crippen MR) is 79.4 cm³/mol. The molecule has 0 amide bonds. The van der Waals surface area contributed by atoms with E-state index in [9.17, 15) is 5.11 Å². The normalized spacial score (nSPS) is 21.6. The zero-order valence-electron chi connectivity index (χ0n) is 11.8. The number of β-amino-alcohol motifs (C(OH)–C–C–N with tert-alkyl or cyclic N) is 1. The maximum Gasteiger partial charge on any atom is 0.138 e. The van der Waals surface area contributed by atoms with Crippen molar-refractivity contribution in [1.82, 2.24) is 4.90 Å². The topological polar surface area (TPSA) is 41.9 Å². The van der Waals surface area contributed by atoms with Gasteiger partial charge in [0.25, 0.3) is 0 Å². The molecule has 112 valence electrons. The number of rotatable bonds is 6. The molecule has 2 rings (SSSR count). The molecule has 20 heavy (non-hydrogen) atoms. The number of halogens is 1. The van der Waals surface area contributed by atoms with Crippen LogP contribution in [-0.2, 0) is 4.74 Å². The first-order chi connectivity index (χ1) is 9.69. The Labute approximate surface area is 125 Å². The molecule has 5 heteroatoms. The third-order valence-corrected chi connectivity index (χ3v) is 3.73. The first-order valence-electron chi connectivity index (χ1n) is 6.99. The number of piperidine rings is 1. The van der Waals surface area contributed by atoms with Crippen molar-refractivity contribution >= 4 is 11.6 Å². The fraction of sp³-hybridized carbons (Fsp3) is 0.600. The minimum atomic E-state index is -0.445. The van der Waals surface area contributed by atoms with Gasteiger partial charge >= 0.3 is 0 Å². The van der Waals surface area contributed by atoms with E-state index in [0.29, 0.717) is 18.2 Å². The monoisotopic (exact) mass is 299 g/mol. The van der Waals surface area contributed by atoms with Crippen molar-refractivity contribution < 1.29 is 14.6 Å². The molecule has 1 heterocycles. The van der Waals surface area contributed by atoms with Crippen LogP contribution in [0.3, 0.4) is 0 Å². The van der Waals surface area contributed by atoms with E-state index in [2.05, 4.69) is 4.90 Å². The van der Waals surface area contributed by atoms with E-state index in [-0.39, 0.29) is 6.10 Å². The number of para-hydroxylation sites is 1. The Balaban J connectivity index is 1.86. The van der Waals surface area contributed by atoms with Gasteiger partial charge in [-0.1, -0.05) is 23.7 Å². The summed E-state index contributed by atoms with van der Waals surface area (Å²) < 4.78 is 10.9. The highest BCUT2D eigenvalue weighted by molar-refractivity contribution is 6.32. The van der Waals surface area contributed by atoms with Gasteiger partial charge in [0.1, 0.15) is 11.9 Å². The number of hydrogen-bond acceptors (Lipinski definition) is 4. The lowest BCUT2D eigenvalue weighted by molar-refractivity contribution is 0.0149. The summed E-state index contributed by atoms with van der Waals surface area (Å²) in [6, 6.07) is 7.54. The second-order valence-electron chi connectivity index (χ2n) is 5.18. The van der Waals surface area contributed by atoms with Gasteiger partial charge in [-0.25, -0.2) is 0 Å². The standard InChI is InChI=1S/C15H22ClNO3/c1-19-11-12(18)9-17-8-4-5-13(10-17)20-15-7-3-2-6-14(15)16/h2-3,6-7,12-13,18H,4-5,8-11H2,1H3/t12-,13+/m1/s1. The van der Waals surface area contributed by atoms with Crippen LogP contribution in [0, 0.1) is 0 Å². The van der Waals surface area contributed by atoms with Crippen LogP contribution in [0.5, 0.6) is 5.75 Å². The molecular formula is C15H22ClNO3. The van der Waals surface area contributed by atoms with Crippen LogP contribution in [0.25, 0.3) is 0 Å². The van der Waals surface area contributed by atoms with Crippen molar-refractivity contribution in [3.8, 4) is 5.75 Å². The van der Waals surface area contributed by atoms with Crippen molar-refractivity contribution in [1.29, 1.82) is 0 Å². The molecule has 0 radical (unpaired) electrons. The average molecular weight is 300 g/mol. The number of likely N-dealkylation sites (tertiary alicyclic amines) is 1. The Morgan fingerprint density at radius 1 is 1.45 bits per heavy atom. The molecule has 1 aliphatic rings. The van der Waals surface area contributed by atoms with Gasteiger partial charge in [0.05, 0.1) is 17.7 Å². The molecule has 0 spiro atoms. The number of aliphatic hydroxyl groups excluding tert-OH is 1. The summed E-state index contributed by atoms with van der Waals surface area (Å²) in [6.45, 7) is 2.79. The molecule has 0 bridgehead atoms. The van der Waals surface area contributed by atoms with Crippen LogP contribution in [0.4, 0.5) is 0 Å². The molecule has 1 N–H and O–H groups in total. The Morgan fingerprint density at radius 3 is 3.00 bits per heavy atom. The molecule has 1 fully saturated rings. The van der Waals surface area contributed by atoms with Gasteiger partial charge in [0, 0.05) is 20.2 Å². The Kier molecular flexibility index (Phi) is 6.10. The SMILES string of the molecule is COC[C@H](O)CN1CCC[C@H](Oc2ccccc2Cl)C1. The van der Waals surface area contributed by atoms with Gasteiger partial charge < -0.3 is 14.6 Å². The van der Waals surface area contributed by atoms with Crippen LogP contribution in [0.1, 0.15) is 12.8 Å². The summed E-state index contributed by atoms with van der Waals surface area (Å²) in [5, 5.41) is 10.4. The summed E-state index contributed by atoms with van der Waals surface area (Å²) in [6.07, 6.45) is 1.76. The maximum atomic E-state index is 9.79. The van der Waals surface area contributed by atoms with Gasteiger partial charge in [0.2, 0.25) is 0 Å². The molecular weight excluding hydrogens is 278 g/mol. The molecule has 0 aliphatic carbocycles. The van der Waals surface area contributed by atoms with Crippen LogP contribution in [0.15, 0.2) is 24.3 Å². The number of aliphatic hydroxyl groups is 1. The van der Waals surface area contributed by atoms with E-state index in [4.69, 9.17) is 21.1 Å². The highest BCUT2D eigenvalue weighted by atomic mass is 35.5. The van der Waals surface area contributed by atoms with Gasteiger partial charge in [-0.05, 0) is 31.5 Å². The van der Waals surface area contributed by atoms with E-state index < -0.39 is 6.10 Å². The lowest BCUT2D eigenvalue weighted by Crippen LogP contribution is -2.45. The third-order valence-electron chi connectivity index (χ3n) is 3.42. The van der Waals surface area contributed by atoms with Crippen molar-refractivity contribution in [3.63, 3.8) is 0 Å². The molecule has 0 saturated carbocycles. The number of ether oxygens (including phenoxy) is 2. The van der Waals surface area contributed by atoms with Crippen LogP contribution >= 0.6 is 11.6 Å². The number of benzene rings is 1. The van der Waals surface area contributed by atoms with Gasteiger partial charge in [-0.2, -0.15) is 0 Å². The van der Waals surface area contributed by atoms with E-state index in [1.807, 2.05) is 24.3 Å². The molecule has 1 aromatic rings. The van der Waals surface area contributed by atoms with Crippen LogP contribution in [0.2, 0.25) is 5.02 Å². The van der Waals surface area contributed by atoms with Gasteiger partial charge in [-0.3, -0.25) is 4.90 Å². The summed E-state index contributed by atoms with van der Waals surface area (Å²) in [7, 11) is 1.60. The largest absolute Gasteiger partial charge is 0.488 e. The van der Waals surface area contributed by atoms with Crippen LogP contribution in [-0.4, -0.2) is 55.6 Å². The molecule has 1 aromatic carbocycles.